The summed E-state index contributed by atoms with van der Waals surface area (Å²) in [7, 11) is 0. The first kappa shape index (κ1) is 18.2. The van der Waals surface area contributed by atoms with Crippen molar-refractivity contribution in [3.05, 3.63) is 66.7 Å². The number of carbonyl (C=O) groups is 1. The summed E-state index contributed by atoms with van der Waals surface area (Å²) in [4.78, 5) is 12.7. The molecule has 0 unspecified atom stereocenters. The van der Waals surface area contributed by atoms with E-state index in [0.717, 1.165) is 16.5 Å². The van der Waals surface area contributed by atoms with Crippen molar-refractivity contribution < 1.29 is 19.0 Å². The number of benzene rings is 3. The fourth-order valence-electron chi connectivity index (χ4n) is 3.27. The fourth-order valence-corrected chi connectivity index (χ4v) is 3.27. The number of ether oxygens (including phenoxy) is 3. The standard InChI is InChI=1S/C23H23NO4/c1-2-19(28-20-13-7-9-16-8-3-4-10-18(16)20)23(25)24-14-17-15-26-21-11-5-6-12-22(21)27-17/h3-13,17,19H,2,14-15H2,1H3,(H,24,25)/t17-,19+/m0/s1. The number of fused-ring (bicyclic) bond motifs is 2. The van der Waals surface area contributed by atoms with Crippen LogP contribution in [0.3, 0.4) is 0 Å². The third kappa shape index (κ3) is 3.88. The zero-order valence-electron chi connectivity index (χ0n) is 15.8. The van der Waals surface area contributed by atoms with Crippen LogP contribution < -0.4 is 19.5 Å². The Morgan fingerprint density at radius 3 is 2.68 bits per heavy atom. The molecule has 0 radical (unpaired) electrons. The van der Waals surface area contributed by atoms with E-state index in [1.807, 2.05) is 73.7 Å². The van der Waals surface area contributed by atoms with E-state index < -0.39 is 6.10 Å². The minimum atomic E-state index is -0.567. The third-order valence-corrected chi connectivity index (χ3v) is 4.75. The summed E-state index contributed by atoms with van der Waals surface area (Å²) in [6, 6.07) is 21.4. The van der Waals surface area contributed by atoms with Gasteiger partial charge in [-0.1, -0.05) is 55.5 Å². The van der Waals surface area contributed by atoms with Gasteiger partial charge in [0, 0.05) is 5.39 Å². The molecule has 1 amide bonds. The Morgan fingerprint density at radius 2 is 1.82 bits per heavy atom. The lowest BCUT2D eigenvalue weighted by Gasteiger charge is -2.27. The molecule has 0 aromatic heterocycles. The van der Waals surface area contributed by atoms with Crippen LogP contribution in [0.4, 0.5) is 0 Å². The minimum Gasteiger partial charge on any atom is -0.486 e. The molecule has 0 bridgehead atoms. The van der Waals surface area contributed by atoms with E-state index in [9.17, 15) is 4.79 Å². The molecule has 4 rings (SSSR count). The van der Waals surface area contributed by atoms with Crippen molar-refractivity contribution >= 4 is 16.7 Å². The van der Waals surface area contributed by atoms with Crippen molar-refractivity contribution in [2.45, 2.75) is 25.6 Å². The van der Waals surface area contributed by atoms with Crippen molar-refractivity contribution in [1.82, 2.24) is 5.32 Å². The Labute approximate surface area is 164 Å². The second-order valence-corrected chi connectivity index (χ2v) is 6.73. The maximum atomic E-state index is 12.7. The largest absolute Gasteiger partial charge is 0.486 e. The topological polar surface area (TPSA) is 56.8 Å². The molecule has 5 nitrogen and oxygen atoms in total. The Balaban J connectivity index is 1.38. The zero-order valence-corrected chi connectivity index (χ0v) is 15.8. The van der Waals surface area contributed by atoms with Crippen LogP contribution in [-0.2, 0) is 4.79 Å². The van der Waals surface area contributed by atoms with Gasteiger partial charge >= 0.3 is 0 Å². The SMILES string of the molecule is CC[C@@H](Oc1cccc2ccccc12)C(=O)NC[C@H]1COc2ccccc2O1. The van der Waals surface area contributed by atoms with Crippen LogP contribution in [0, 0.1) is 0 Å². The average Bonchev–Trinajstić information content (AvgIpc) is 2.75. The Bertz CT molecular complexity index is 966. The van der Waals surface area contributed by atoms with Crippen LogP contribution in [0.1, 0.15) is 13.3 Å². The van der Waals surface area contributed by atoms with Crippen molar-refractivity contribution in [2.75, 3.05) is 13.2 Å². The molecule has 2 atom stereocenters. The quantitative estimate of drug-likeness (QED) is 0.707. The van der Waals surface area contributed by atoms with Crippen molar-refractivity contribution in [3.8, 4) is 17.2 Å². The molecule has 0 aliphatic carbocycles. The van der Waals surface area contributed by atoms with Crippen LogP contribution in [0.5, 0.6) is 17.2 Å². The van der Waals surface area contributed by atoms with Gasteiger partial charge in [0.25, 0.3) is 5.91 Å². The smallest absolute Gasteiger partial charge is 0.261 e. The van der Waals surface area contributed by atoms with Gasteiger partial charge in [-0.25, -0.2) is 0 Å². The van der Waals surface area contributed by atoms with Crippen LogP contribution in [-0.4, -0.2) is 31.3 Å². The van der Waals surface area contributed by atoms with Crippen LogP contribution >= 0.6 is 0 Å². The maximum Gasteiger partial charge on any atom is 0.261 e. The van der Waals surface area contributed by atoms with Gasteiger partial charge in [-0.15, -0.1) is 0 Å². The number of carbonyl (C=O) groups excluding carboxylic acids is 1. The van der Waals surface area contributed by atoms with E-state index in [4.69, 9.17) is 14.2 Å². The van der Waals surface area contributed by atoms with E-state index in [1.54, 1.807) is 0 Å². The molecule has 0 fully saturated rings. The highest BCUT2D eigenvalue weighted by atomic mass is 16.6. The summed E-state index contributed by atoms with van der Waals surface area (Å²) in [5.74, 6) is 1.99. The van der Waals surface area contributed by atoms with Gasteiger partial charge < -0.3 is 19.5 Å². The summed E-state index contributed by atoms with van der Waals surface area (Å²) < 4.78 is 17.6. The van der Waals surface area contributed by atoms with Gasteiger partial charge in [-0.05, 0) is 30.0 Å². The lowest BCUT2D eigenvalue weighted by molar-refractivity contribution is -0.128. The van der Waals surface area contributed by atoms with Gasteiger partial charge in [-0.3, -0.25) is 4.79 Å². The predicted octanol–water partition coefficient (Wildman–Crippen LogP) is 3.95. The second-order valence-electron chi connectivity index (χ2n) is 6.73. The highest BCUT2D eigenvalue weighted by molar-refractivity contribution is 5.89. The molecule has 1 aliphatic rings. The molecule has 0 spiro atoms. The lowest BCUT2D eigenvalue weighted by atomic mass is 10.1. The highest BCUT2D eigenvalue weighted by Gasteiger charge is 2.24. The van der Waals surface area contributed by atoms with E-state index in [-0.39, 0.29) is 12.0 Å². The lowest BCUT2D eigenvalue weighted by Crippen LogP contribution is -2.45. The average molecular weight is 377 g/mol. The molecular formula is C23H23NO4. The van der Waals surface area contributed by atoms with Crippen molar-refractivity contribution in [3.63, 3.8) is 0 Å². The summed E-state index contributed by atoms with van der Waals surface area (Å²) in [5, 5.41) is 5.02. The molecule has 28 heavy (non-hydrogen) atoms. The predicted molar refractivity (Wildman–Crippen MR) is 108 cm³/mol. The third-order valence-electron chi connectivity index (χ3n) is 4.75. The van der Waals surface area contributed by atoms with Crippen LogP contribution in [0.2, 0.25) is 0 Å². The summed E-state index contributed by atoms with van der Waals surface area (Å²) in [6.45, 7) is 2.70. The van der Waals surface area contributed by atoms with E-state index in [1.165, 1.54) is 0 Å². The molecule has 3 aromatic rings. The summed E-state index contributed by atoms with van der Waals surface area (Å²) in [6.07, 6.45) is -0.226. The Morgan fingerprint density at radius 1 is 1.07 bits per heavy atom. The first-order valence-corrected chi connectivity index (χ1v) is 9.55. The van der Waals surface area contributed by atoms with E-state index >= 15 is 0 Å². The summed E-state index contributed by atoms with van der Waals surface area (Å²) >= 11 is 0. The number of rotatable bonds is 6. The molecule has 1 aliphatic heterocycles. The van der Waals surface area contributed by atoms with Crippen LogP contribution in [0.25, 0.3) is 10.8 Å². The fraction of sp³-hybridized carbons (Fsp3) is 0.261. The number of nitrogens with one attached hydrogen (secondary N) is 1. The van der Waals surface area contributed by atoms with Gasteiger partial charge in [0.15, 0.2) is 17.6 Å². The molecule has 3 aromatic carbocycles. The van der Waals surface area contributed by atoms with Gasteiger partial charge in [-0.2, -0.15) is 0 Å². The summed E-state index contributed by atoms with van der Waals surface area (Å²) in [5.41, 5.74) is 0. The molecule has 1 N–H and O–H groups in total. The molecule has 0 saturated heterocycles. The molecular weight excluding hydrogens is 354 g/mol. The van der Waals surface area contributed by atoms with Gasteiger partial charge in [0.1, 0.15) is 18.5 Å². The Kier molecular flexibility index (Phi) is 5.33. The number of para-hydroxylation sites is 2. The number of hydrogen-bond acceptors (Lipinski definition) is 4. The van der Waals surface area contributed by atoms with Gasteiger partial charge in [0.2, 0.25) is 0 Å². The monoisotopic (exact) mass is 377 g/mol. The first-order valence-electron chi connectivity index (χ1n) is 9.55. The normalized spacial score (nSPS) is 16.4. The highest BCUT2D eigenvalue weighted by Crippen LogP contribution is 2.30. The van der Waals surface area contributed by atoms with Gasteiger partial charge in [0.05, 0.1) is 6.54 Å². The van der Waals surface area contributed by atoms with E-state index in [0.29, 0.717) is 31.1 Å². The zero-order chi connectivity index (χ0) is 19.3. The van der Waals surface area contributed by atoms with Crippen molar-refractivity contribution in [1.29, 1.82) is 0 Å². The van der Waals surface area contributed by atoms with E-state index in [2.05, 4.69) is 5.32 Å². The van der Waals surface area contributed by atoms with Crippen molar-refractivity contribution in [2.24, 2.45) is 0 Å². The first-order chi connectivity index (χ1) is 13.7. The number of amides is 1. The molecule has 144 valence electrons. The number of hydrogen-bond donors (Lipinski definition) is 1. The minimum absolute atomic E-state index is 0.155. The molecule has 1 heterocycles. The van der Waals surface area contributed by atoms with Crippen LogP contribution in [0.15, 0.2) is 66.7 Å². The Hall–Kier alpha value is -3.21. The molecule has 5 heteroatoms. The molecule has 0 saturated carbocycles. The second kappa shape index (κ2) is 8.21. The maximum absolute atomic E-state index is 12.7.